The molecular formula is C25H32N4O3. The zero-order valence-corrected chi connectivity index (χ0v) is 18.8. The summed E-state index contributed by atoms with van der Waals surface area (Å²) in [5.41, 5.74) is 1.54. The van der Waals surface area contributed by atoms with Gasteiger partial charge in [-0.15, -0.1) is 0 Å². The highest BCUT2D eigenvalue weighted by molar-refractivity contribution is 5.96. The molecule has 0 bridgehead atoms. The topological polar surface area (TPSA) is 74.8 Å². The first-order valence-corrected chi connectivity index (χ1v) is 11.6. The Hall–Kier alpha value is -2.93. The van der Waals surface area contributed by atoms with Crippen LogP contribution in [-0.2, 0) is 16.1 Å². The summed E-state index contributed by atoms with van der Waals surface area (Å²) in [7, 11) is 0. The summed E-state index contributed by atoms with van der Waals surface area (Å²) < 4.78 is 5.94. The van der Waals surface area contributed by atoms with Crippen LogP contribution in [0, 0.1) is 0 Å². The van der Waals surface area contributed by atoms with Gasteiger partial charge in [0.05, 0.1) is 6.54 Å². The van der Waals surface area contributed by atoms with Crippen molar-refractivity contribution in [2.24, 2.45) is 0 Å². The van der Waals surface area contributed by atoms with E-state index in [1.54, 1.807) is 17.2 Å². The smallest absolute Gasteiger partial charge is 0.243 e. The van der Waals surface area contributed by atoms with Crippen molar-refractivity contribution in [2.75, 3.05) is 24.5 Å². The second kappa shape index (κ2) is 10.6. The molecule has 1 aromatic heterocycles. The number of para-hydroxylation sites is 1. The summed E-state index contributed by atoms with van der Waals surface area (Å²) in [6, 6.07) is 11.9. The van der Waals surface area contributed by atoms with E-state index in [0.29, 0.717) is 36.4 Å². The fraction of sp³-hybridized carbons (Fsp3) is 0.480. The maximum Gasteiger partial charge on any atom is 0.243 e. The van der Waals surface area contributed by atoms with Crippen molar-refractivity contribution in [2.45, 2.75) is 58.0 Å². The fourth-order valence-electron chi connectivity index (χ4n) is 4.43. The average Bonchev–Trinajstić information content (AvgIpc) is 2.98. The molecule has 7 heteroatoms. The average molecular weight is 437 g/mol. The third kappa shape index (κ3) is 5.46. The zero-order chi connectivity index (χ0) is 22.3. The summed E-state index contributed by atoms with van der Waals surface area (Å²) in [4.78, 5) is 33.9. The molecule has 3 heterocycles. The number of ether oxygens (including phenoxy) is 1. The first-order valence-electron chi connectivity index (χ1n) is 11.6. The minimum Gasteiger partial charge on any atom is -0.437 e. The molecule has 0 radical (unpaired) electrons. The van der Waals surface area contributed by atoms with Crippen molar-refractivity contribution in [1.29, 1.82) is 0 Å². The summed E-state index contributed by atoms with van der Waals surface area (Å²) in [5.74, 6) is 0.908. The lowest BCUT2D eigenvalue weighted by Gasteiger charge is -2.33. The van der Waals surface area contributed by atoms with Gasteiger partial charge in [-0.3, -0.25) is 9.59 Å². The molecule has 7 nitrogen and oxygen atoms in total. The van der Waals surface area contributed by atoms with E-state index in [0.717, 1.165) is 25.1 Å². The third-order valence-electron chi connectivity index (χ3n) is 6.30. The predicted octanol–water partition coefficient (Wildman–Crippen LogP) is 3.88. The Morgan fingerprint density at radius 2 is 2.03 bits per heavy atom. The van der Waals surface area contributed by atoms with Gasteiger partial charge in [-0.2, -0.15) is 0 Å². The highest BCUT2D eigenvalue weighted by Crippen LogP contribution is 2.37. The van der Waals surface area contributed by atoms with Gasteiger partial charge in [0.15, 0.2) is 0 Å². The van der Waals surface area contributed by atoms with Gasteiger partial charge in [-0.1, -0.05) is 24.6 Å². The number of nitrogens with zero attached hydrogens (tertiary/aromatic N) is 3. The van der Waals surface area contributed by atoms with Crippen molar-refractivity contribution in [3.8, 4) is 11.6 Å². The van der Waals surface area contributed by atoms with E-state index in [9.17, 15) is 9.59 Å². The summed E-state index contributed by atoms with van der Waals surface area (Å²) in [6.07, 6.45) is 6.75. The first-order chi connectivity index (χ1) is 15.6. The largest absolute Gasteiger partial charge is 0.437 e. The fourth-order valence-corrected chi connectivity index (χ4v) is 4.43. The van der Waals surface area contributed by atoms with E-state index in [4.69, 9.17) is 4.74 Å². The highest BCUT2D eigenvalue weighted by atomic mass is 16.5. The molecule has 1 aromatic carbocycles. The number of benzene rings is 1. The normalized spacial score (nSPS) is 18.2. The number of nitrogens with one attached hydrogen (secondary N) is 1. The van der Waals surface area contributed by atoms with Gasteiger partial charge in [0.25, 0.3) is 0 Å². The van der Waals surface area contributed by atoms with E-state index in [-0.39, 0.29) is 24.7 Å². The van der Waals surface area contributed by atoms with Gasteiger partial charge in [-0.05, 0) is 50.9 Å². The number of likely N-dealkylation sites (tertiary alicyclic amines) is 1. The maximum absolute atomic E-state index is 13.1. The number of rotatable bonds is 7. The molecule has 2 aromatic rings. The number of carbonyl (C=O) groups is 2. The van der Waals surface area contributed by atoms with Gasteiger partial charge < -0.3 is 19.9 Å². The van der Waals surface area contributed by atoms with Crippen LogP contribution >= 0.6 is 0 Å². The minimum absolute atomic E-state index is 0.0806. The van der Waals surface area contributed by atoms with Gasteiger partial charge in [0.2, 0.25) is 17.7 Å². The number of anilines is 1. The van der Waals surface area contributed by atoms with Crippen LogP contribution in [0.15, 0.2) is 42.6 Å². The molecule has 0 aliphatic carbocycles. The Balaban J connectivity index is 1.28. The number of piperidine rings is 1. The number of fused-ring (bicyclic) bond motifs is 2. The molecule has 2 aliphatic rings. The second-order valence-electron chi connectivity index (χ2n) is 8.60. The van der Waals surface area contributed by atoms with Crippen LogP contribution in [0.2, 0.25) is 0 Å². The van der Waals surface area contributed by atoms with Crippen LogP contribution in [0.3, 0.4) is 0 Å². The monoisotopic (exact) mass is 436 g/mol. The quantitative estimate of drug-likeness (QED) is 0.667. The van der Waals surface area contributed by atoms with Crippen LogP contribution in [-0.4, -0.2) is 47.4 Å². The first kappa shape index (κ1) is 22.3. The molecule has 1 N–H and O–H groups in total. The van der Waals surface area contributed by atoms with E-state index in [1.165, 1.54) is 19.3 Å². The molecule has 170 valence electrons. The van der Waals surface area contributed by atoms with Crippen LogP contribution in [0.25, 0.3) is 0 Å². The van der Waals surface area contributed by atoms with Gasteiger partial charge in [0, 0.05) is 43.7 Å². The Bertz CT molecular complexity index is 948. The summed E-state index contributed by atoms with van der Waals surface area (Å²) in [5, 5.41) is 2.97. The highest BCUT2D eigenvalue weighted by Gasteiger charge is 2.26. The summed E-state index contributed by atoms with van der Waals surface area (Å²) in [6.45, 7) is 5.49. The van der Waals surface area contributed by atoms with Gasteiger partial charge in [0.1, 0.15) is 11.4 Å². The minimum atomic E-state index is -0.114. The Morgan fingerprint density at radius 1 is 1.16 bits per heavy atom. The van der Waals surface area contributed by atoms with E-state index in [2.05, 4.69) is 22.1 Å². The van der Waals surface area contributed by atoms with Crippen molar-refractivity contribution in [1.82, 2.24) is 15.2 Å². The number of amides is 2. The lowest BCUT2D eigenvalue weighted by Crippen LogP contribution is -2.39. The lowest BCUT2D eigenvalue weighted by atomic mass is 10.0. The molecule has 2 amide bonds. The summed E-state index contributed by atoms with van der Waals surface area (Å²) >= 11 is 0. The van der Waals surface area contributed by atoms with E-state index >= 15 is 0 Å². The van der Waals surface area contributed by atoms with E-state index < -0.39 is 0 Å². The van der Waals surface area contributed by atoms with Crippen LogP contribution in [0.4, 0.5) is 5.69 Å². The predicted molar refractivity (Wildman–Crippen MR) is 124 cm³/mol. The molecule has 1 atom stereocenters. The van der Waals surface area contributed by atoms with Crippen molar-refractivity contribution in [3.05, 3.63) is 48.2 Å². The van der Waals surface area contributed by atoms with E-state index in [1.807, 2.05) is 30.3 Å². The van der Waals surface area contributed by atoms with Crippen LogP contribution in [0.5, 0.6) is 11.6 Å². The number of hydrogen-bond acceptors (Lipinski definition) is 5. The lowest BCUT2D eigenvalue weighted by molar-refractivity contribution is -0.125. The molecule has 4 rings (SSSR count). The van der Waals surface area contributed by atoms with Crippen LogP contribution in [0.1, 0.15) is 51.0 Å². The van der Waals surface area contributed by atoms with Crippen molar-refractivity contribution < 1.29 is 14.3 Å². The number of hydrogen-bond donors (Lipinski definition) is 1. The molecule has 2 aliphatic heterocycles. The van der Waals surface area contributed by atoms with Crippen molar-refractivity contribution in [3.63, 3.8) is 0 Å². The number of carbonyl (C=O) groups excluding carboxylic acids is 2. The second-order valence-corrected chi connectivity index (χ2v) is 8.60. The van der Waals surface area contributed by atoms with Gasteiger partial charge >= 0.3 is 0 Å². The van der Waals surface area contributed by atoms with Crippen molar-refractivity contribution >= 4 is 17.5 Å². The molecule has 0 spiro atoms. The molecule has 32 heavy (non-hydrogen) atoms. The van der Waals surface area contributed by atoms with Crippen LogP contribution < -0.4 is 15.0 Å². The number of aromatic nitrogens is 1. The SMILES string of the molecule is C[C@@H]1CCCCN1CCCNC(=O)CCC(=O)N1Cc2ccccc2Oc2ncccc21. The standard InChI is InChI=1S/C25H32N4O3/c1-19-8-4-5-16-28(19)17-7-15-26-23(30)12-13-24(31)29-18-20-9-2-3-11-22(20)32-25-21(29)10-6-14-27-25/h2-3,6,9-11,14,19H,4-5,7-8,12-13,15-18H2,1H3,(H,26,30)/t19-/m1/s1. The number of pyridine rings is 1. The zero-order valence-electron chi connectivity index (χ0n) is 18.8. The molecule has 0 saturated carbocycles. The molecule has 0 unspecified atom stereocenters. The maximum atomic E-state index is 13.1. The Labute approximate surface area is 189 Å². The molecule has 1 saturated heterocycles. The molecular weight excluding hydrogens is 404 g/mol. The Morgan fingerprint density at radius 3 is 2.91 bits per heavy atom. The van der Waals surface area contributed by atoms with Gasteiger partial charge in [-0.25, -0.2) is 4.98 Å². The third-order valence-corrected chi connectivity index (χ3v) is 6.30. The Kier molecular flexibility index (Phi) is 7.37. The molecule has 1 fully saturated rings.